The molecule has 0 bridgehead atoms. The molecule has 0 aliphatic carbocycles. The molecule has 0 aliphatic rings. The predicted octanol–water partition coefficient (Wildman–Crippen LogP) is 6.34. The van der Waals surface area contributed by atoms with Crippen molar-refractivity contribution < 1.29 is 9.59 Å². The molecular weight excluding hydrogens is 483 g/mol. The number of aromatic nitrogens is 2. The summed E-state index contributed by atoms with van der Waals surface area (Å²) in [5, 5.41) is 3.98. The van der Waals surface area contributed by atoms with E-state index in [1.54, 1.807) is 41.0 Å². The molecule has 1 N–H and O–H groups in total. The molecule has 0 spiro atoms. The summed E-state index contributed by atoms with van der Waals surface area (Å²) in [6.45, 7) is 3.59. The van der Waals surface area contributed by atoms with Crippen molar-refractivity contribution in [1.29, 1.82) is 0 Å². The van der Waals surface area contributed by atoms with Gasteiger partial charge in [-0.25, -0.2) is 4.98 Å². The third-order valence-electron chi connectivity index (χ3n) is 5.40. The van der Waals surface area contributed by atoms with Crippen LogP contribution in [0.3, 0.4) is 0 Å². The molecule has 3 aromatic carbocycles. The first-order valence-electron chi connectivity index (χ1n) is 11.1. The summed E-state index contributed by atoms with van der Waals surface area (Å²) in [6, 6.07) is 23.4. The number of imidazole rings is 1. The van der Waals surface area contributed by atoms with Crippen LogP contribution in [0.4, 0.5) is 5.95 Å². The van der Waals surface area contributed by atoms with E-state index in [0.29, 0.717) is 27.3 Å². The van der Waals surface area contributed by atoms with Crippen LogP contribution in [0.1, 0.15) is 24.2 Å². The van der Waals surface area contributed by atoms with E-state index >= 15 is 0 Å². The molecule has 35 heavy (non-hydrogen) atoms. The van der Waals surface area contributed by atoms with Gasteiger partial charge in [0.1, 0.15) is 6.54 Å². The standard InChI is InChI=1S/C27H24Cl2N4O2/c1-18(2)32(26(35)20-11-13-21(28)14-12-20)17-25(34)31-27-30-24(19-7-4-3-5-8-19)16-33(27)23-10-6-9-22(29)15-23/h3-16,18H,17H2,1-2H3,(H,30,31,34). The topological polar surface area (TPSA) is 67.2 Å². The predicted molar refractivity (Wildman–Crippen MR) is 140 cm³/mol. The maximum Gasteiger partial charge on any atom is 0.254 e. The Balaban J connectivity index is 1.61. The number of nitrogens with zero attached hydrogens (tertiary/aromatic N) is 3. The number of halogens is 2. The zero-order valence-corrected chi connectivity index (χ0v) is 20.8. The van der Waals surface area contributed by atoms with Crippen LogP contribution < -0.4 is 5.32 Å². The summed E-state index contributed by atoms with van der Waals surface area (Å²) in [5.74, 6) is -0.289. The van der Waals surface area contributed by atoms with Gasteiger partial charge in [-0.15, -0.1) is 0 Å². The molecule has 0 saturated heterocycles. The summed E-state index contributed by atoms with van der Waals surface area (Å²) in [6.07, 6.45) is 1.84. The number of hydrogen-bond donors (Lipinski definition) is 1. The number of carbonyl (C=O) groups is 2. The maximum absolute atomic E-state index is 13.1. The van der Waals surface area contributed by atoms with Crippen molar-refractivity contribution in [3.63, 3.8) is 0 Å². The van der Waals surface area contributed by atoms with Crippen molar-refractivity contribution in [2.24, 2.45) is 0 Å². The fourth-order valence-corrected chi connectivity index (χ4v) is 3.92. The lowest BCUT2D eigenvalue weighted by Crippen LogP contribution is -2.42. The lowest BCUT2D eigenvalue weighted by molar-refractivity contribution is -0.117. The number of nitrogens with one attached hydrogen (secondary N) is 1. The molecule has 4 aromatic rings. The molecule has 0 atom stereocenters. The highest BCUT2D eigenvalue weighted by molar-refractivity contribution is 6.31. The summed E-state index contributed by atoms with van der Waals surface area (Å²) < 4.78 is 1.77. The molecule has 0 aliphatic heterocycles. The van der Waals surface area contributed by atoms with Gasteiger partial charge in [-0.1, -0.05) is 59.6 Å². The Hall–Kier alpha value is -3.61. The maximum atomic E-state index is 13.1. The van der Waals surface area contributed by atoms with Gasteiger partial charge in [-0.05, 0) is 56.3 Å². The van der Waals surface area contributed by atoms with E-state index in [9.17, 15) is 9.59 Å². The fraction of sp³-hybridized carbons (Fsp3) is 0.148. The molecule has 0 unspecified atom stereocenters. The van der Waals surface area contributed by atoms with Gasteiger partial charge in [0.25, 0.3) is 5.91 Å². The van der Waals surface area contributed by atoms with Crippen LogP contribution in [-0.4, -0.2) is 38.9 Å². The highest BCUT2D eigenvalue weighted by Gasteiger charge is 2.23. The molecule has 8 heteroatoms. The molecule has 1 aromatic heterocycles. The van der Waals surface area contributed by atoms with E-state index in [2.05, 4.69) is 10.3 Å². The van der Waals surface area contributed by atoms with Crippen LogP contribution in [0, 0.1) is 0 Å². The largest absolute Gasteiger partial charge is 0.327 e. The first-order valence-corrected chi connectivity index (χ1v) is 11.8. The smallest absolute Gasteiger partial charge is 0.254 e. The zero-order chi connectivity index (χ0) is 24.9. The van der Waals surface area contributed by atoms with Gasteiger partial charge in [-0.2, -0.15) is 0 Å². The van der Waals surface area contributed by atoms with Gasteiger partial charge >= 0.3 is 0 Å². The number of anilines is 1. The van der Waals surface area contributed by atoms with Crippen LogP contribution in [0.2, 0.25) is 10.0 Å². The van der Waals surface area contributed by atoms with Crippen molar-refractivity contribution in [1.82, 2.24) is 14.5 Å². The van der Waals surface area contributed by atoms with E-state index in [1.165, 1.54) is 4.90 Å². The molecular formula is C27H24Cl2N4O2. The van der Waals surface area contributed by atoms with E-state index in [0.717, 1.165) is 11.3 Å². The zero-order valence-electron chi connectivity index (χ0n) is 19.3. The van der Waals surface area contributed by atoms with Crippen LogP contribution >= 0.6 is 23.2 Å². The highest BCUT2D eigenvalue weighted by Crippen LogP contribution is 2.25. The first-order chi connectivity index (χ1) is 16.8. The average Bonchev–Trinajstić information content (AvgIpc) is 3.26. The normalized spacial score (nSPS) is 10.9. The van der Waals surface area contributed by atoms with E-state index in [1.807, 2.05) is 62.5 Å². The van der Waals surface area contributed by atoms with Gasteiger partial charge in [0.05, 0.1) is 5.69 Å². The minimum atomic E-state index is -0.366. The molecule has 0 fully saturated rings. The molecule has 1 heterocycles. The van der Waals surface area contributed by atoms with Gasteiger partial charge in [0.2, 0.25) is 11.9 Å². The minimum Gasteiger partial charge on any atom is -0.327 e. The highest BCUT2D eigenvalue weighted by atomic mass is 35.5. The molecule has 0 saturated carbocycles. The van der Waals surface area contributed by atoms with Crippen molar-refractivity contribution in [2.45, 2.75) is 19.9 Å². The Morgan fingerprint density at radius 3 is 2.31 bits per heavy atom. The van der Waals surface area contributed by atoms with Gasteiger partial charge < -0.3 is 4.90 Å². The van der Waals surface area contributed by atoms with E-state index in [4.69, 9.17) is 23.2 Å². The number of rotatable bonds is 7. The summed E-state index contributed by atoms with van der Waals surface area (Å²) in [5.41, 5.74) is 2.81. The second-order valence-electron chi connectivity index (χ2n) is 8.25. The van der Waals surface area contributed by atoms with Crippen molar-refractivity contribution in [3.8, 4) is 16.9 Å². The van der Waals surface area contributed by atoms with E-state index in [-0.39, 0.29) is 24.4 Å². The molecule has 2 amide bonds. The minimum absolute atomic E-state index is 0.137. The van der Waals surface area contributed by atoms with Gasteiger partial charge in [0.15, 0.2) is 0 Å². The third kappa shape index (κ3) is 5.91. The van der Waals surface area contributed by atoms with Crippen molar-refractivity contribution in [2.75, 3.05) is 11.9 Å². The SMILES string of the molecule is CC(C)N(CC(=O)Nc1nc(-c2ccccc2)cn1-c1cccc(Cl)c1)C(=O)c1ccc(Cl)cc1. The summed E-state index contributed by atoms with van der Waals surface area (Å²) in [7, 11) is 0. The fourth-order valence-electron chi connectivity index (χ4n) is 3.61. The Morgan fingerprint density at radius 2 is 1.66 bits per heavy atom. The molecule has 0 radical (unpaired) electrons. The number of amides is 2. The van der Waals surface area contributed by atoms with Crippen molar-refractivity contribution >= 4 is 41.0 Å². The van der Waals surface area contributed by atoms with Crippen LogP contribution in [0.5, 0.6) is 0 Å². The van der Waals surface area contributed by atoms with Crippen LogP contribution in [-0.2, 0) is 4.79 Å². The number of benzene rings is 3. The number of hydrogen-bond acceptors (Lipinski definition) is 3. The lowest BCUT2D eigenvalue weighted by Gasteiger charge is -2.26. The Bertz CT molecular complexity index is 1340. The molecule has 6 nitrogen and oxygen atoms in total. The second kappa shape index (κ2) is 10.8. The van der Waals surface area contributed by atoms with Gasteiger partial charge in [-0.3, -0.25) is 19.5 Å². The van der Waals surface area contributed by atoms with E-state index < -0.39 is 0 Å². The quantitative estimate of drug-likeness (QED) is 0.318. The van der Waals surface area contributed by atoms with Gasteiger partial charge in [0, 0.05) is 39.1 Å². The Morgan fingerprint density at radius 1 is 0.943 bits per heavy atom. The lowest BCUT2D eigenvalue weighted by atomic mass is 10.1. The Kier molecular flexibility index (Phi) is 7.54. The first kappa shape index (κ1) is 24.5. The molecule has 4 rings (SSSR count). The monoisotopic (exact) mass is 506 g/mol. The van der Waals surface area contributed by atoms with Crippen LogP contribution in [0.15, 0.2) is 85.1 Å². The Labute approximate surface area is 214 Å². The van der Waals surface area contributed by atoms with Crippen molar-refractivity contribution in [3.05, 3.63) is 101 Å². The third-order valence-corrected chi connectivity index (χ3v) is 5.89. The summed E-state index contributed by atoms with van der Waals surface area (Å²) >= 11 is 12.2. The van der Waals surface area contributed by atoms with Crippen LogP contribution in [0.25, 0.3) is 16.9 Å². The number of carbonyl (C=O) groups excluding carboxylic acids is 2. The molecule has 178 valence electrons. The average molecular weight is 507 g/mol. The second-order valence-corrected chi connectivity index (χ2v) is 9.12. The summed E-state index contributed by atoms with van der Waals surface area (Å²) in [4.78, 5) is 32.3.